The van der Waals surface area contributed by atoms with Crippen LogP contribution in [0.2, 0.25) is 0 Å². The van der Waals surface area contributed by atoms with Crippen LogP contribution in [0.25, 0.3) is 5.69 Å². The summed E-state index contributed by atoms with van der Waals surface area (Å²) in [6.07, 6.45) is 0. The van der Waals surface area contributed by atoms with E-state index >= 15 is 0 Å². The van der Waals surface area contributed by atoms with Gasteiger partial charge in [-0.15, -0.1) is 5.10 Å². The summed E-state index contributed by atoms with van der Waals surface area (Å²) in [7, 11) is 1.57. The van der Waals surface area contributed by atoms with Crippen LogP contribution >= 0.6 is 0 Å². The summed E-state index contributed by atoms with van der Waals surface area (Å²) in [5.41, 5.74) is 1.30. The summed E-state index contributed by atoms with van der Waals surface area (Å²) in [5, 5.41) is 17.1. The van der Waals surface area contributed by atoms with Crippen LogP contribution in [-0.4, -0.2) is 77.6 Å². The molecular weight excluding hydrogens is 338 g/mol. The Morgan fingerprint density at radius 1 is 1.31 bits per heavy atom. The minimum Gasteiger partial charge on any atom is -0.497 e. The molecule has 1 aliphatic heterocycles. The van der Waals surface area contributed by atoms with E-state index in [0.29, 0.717) is 29.5 Å². The van der Waals surface area contributed by atoms with Crippen LogP contribution in [0.5, 0.6) is 5.75 Å². The topological polar surface area (TPSA) is 106 Å². The zero-order valence-corrected chi connectivity index (χ0v) is 14.9. The molecule has 0 radical (unpaired) electrons. The summed E-state index contributed by atoms with van der Waals surface area (Å²) < 4.78 is 12.2. The SMILES string of the molecule is COc1cc(NC(=O)NCCN2CCOCC2)cc(-n2nnnc2C)c1. The molecule has 1 aromatic carbocycles. The highest BCUT2D eigenvalue weighted by Crippen LogP contribution is 2.23. The first kappa shape index (κ1) is 18.1. The van der Waals surface area contributed by atoms with Gasteiger partial charge in [0.15, 0.2) is 5.82 Å². The summed E-state index contributed by atoms with van der Waals surface area (Å²) in [4.78, 5) is 14.4. The molecular formula is C16H23N7O3. The number of amides is 2. The van der Waals surface area contributed by atoms with Gasteiger partial charge in [0.05, 0.1) is 26.0 Å². The lowest BCUT2D eigenvalue weighted by Crippen LogP contribution is -2.42. The number of nitrogens with zero attached hydrogens (tertiary/aromatic N) is 5. The van der Waals surface area contributed by atoms with Crippen LogP contribution in [0.15, 0.2) is 18.2 Å². The van der Waals surface area contributed by atoms with Crippen molar-refractivity contribution in [3.8, 4) is 11.4 Å². The molecule has 140 valence electrons. The van der Waals surface area contributed by atoms with Gasteiger partial charge in [-0.05, 0) is 23.4 Å². The molecule has 2 N–H and O–H groups in total. The fraction of sp³-hybridized carbons (Fsp3) is 0.500. The number of carbonyl (C=O) groups excluding carboxylic acids is 1. The number of rotatable bonds is 6. The number of aromatic nitrogens is 4. The average molecular weight is 361 g/mol. The Kier molecular flexibility index (Phi) is 5.97. The average Bonchev–Trinajstić information content (AvgIpc) is 3.08. The standard InChI is InChI=1S/C16H23N7O3/c1-12-19-20-21-23(12)14-9-13(10-15(11-14)25-2)18-16(24)17-3-4-22-5-7-26-8-6-22/h9-11H,3-8H2,1-2H3,(H2,17,18,24). The van der Waals surface area contributed by atoms with Crippen LogP contribution in [0.1, 0.15) is 5.82 Å². The zero-order valence-electron chi connectivity index (χ0n) is 14.9. The van der Waals surface area contributed by atoms with E-state index in [4.69, 9.17) is 9.47 Å². The number of ether oxygens (including phenoxy) is 2. The third-order valence-corrected chi connectivity index (χ3v) is 4.07. The molecule has 10 heteroatoms. The van der Waals surface area contributed by atoms with Gasteiger partial charge in [-0.3, -0.25) is 4.90 Å². The minimum atomic E-state index is -0.272. The molecule has 26 heavy (non-hydrogen) atoms. The maximum absolute atomic E-state index is 12.2. The molecule has 1 aliphatic rings. The number of benzene rings is 1. The van der Waals surface area contributed by atoms with E-state index in [0.717, 1.165) is 32.8 Å². The Morgan fingerprint density at radius 2 is 2.12 bits per heavy atom. The van der Waals surface area contributed by atoms with Gasteiger partial charge in [-0.1, -0.05) is 0 Å². The maximum Gasteiger partial charge on any atom is 0.319 e. The lowest BCUT2D eigenvalue weighted by molar-refractivity contribution is 0.0388. The Labute approximate surface area is 151 Å². The first-order valence-corrected chi connectivity index (χ1v) is 8.45. The first-order valence-electron chi connectivity index (χ1n) is 8.45. The summed E-state index contributed by atoms with van der Waals surface area (Å²) in [6, 6.07) is 5.05. The van der Waals surface area contributed by atoms with Gasteiger partial charge in [0.25, 0.3) is 0 Å². The summed E-state index contributed by atoms with van der Waals surface area (Å²) in [6.45, 7) is 6.44. The smallest absolute Gasteiger partial charge is 0.319 e. The van der Waals surface area contributed by atoms with Gasteiger partial charge in [-0.2, -0.15) is 4.68 Å². The minimum absolute atomic E-state index is 0.272. The van der Waals surface area contributed by atoms with E-state index in [1.807, 2.05) is 0 Å². The second kappa shape index (κ2) is 8.59. The molecule has 0 saturated carbocycles. The Bertz CT molecular complexity index is 743. The Balaban J connectivity index is 1.59. The lowest BCUT2D eigenvalue weighted by atomic mass is 10.2. The highest BCUT2D eigenvalue weighted by Gasteiger charge is 2.12. The maximum atomic E-state index is 12.2. The molecule has 0 bridgehead atoms. The lowest BCUT2D eigenvalue weighted by Gasteiger charge is -2.26. The molecule has 0 aliphatic carbocycles. The van der Waals surface area contributed by atoms with Crippen molar-refractivity contribution in [1.82, 2.24) is 30.4 Å². The molecule has 1 fully saturated rings. The fourth-order valence-electron chi connectivity index (χ4n) is 2.69. The zero-order chi connectivity index (χ0) is 18.4. The van der Waals surface area contributed by atoms with Crippen molar-refractivity contribution in [1.29, 1.82) is 0 Å². The molecule has 0 spiro atoms. The molecule has 2 amide bonds. The van der Waals surface area contributed by atoms with Crippen molar-refractivity contribution in [3.63, 3.8) is 0 Å². The Hall–Kier alpha value is -2.72. The molecule has 10 nitrogen and oxygen atoms in total. The van der Waals surface area contributed by atoms with E-state index < -0.39 is 0 Å². The van der Waals surface area contributed by atoms with Crippen molar-refractivity contribution in [2.45, 2.75) is 6.92 Å². The normalized spacial score (nSPS) is 14.8. The third kappa shape index (κ3) is 4.67. The second-order valence-electron chi connectivity index (χ2n) is 5.89. The molecule has 0 atom stereocenters. The van der Waals surface area contributed by atoms with Gasteiger partial charge in [0.1, 0.15) is 5.75 Å². The van der Waals surface area contributed by atoms with E-state index in [1.54, 1.807) is 36.9 Å². The second-order valence-corrected chi connectivity index (χ2v) is 5.89. The van der Waals surface area contributed by atoms with Crippen LogP contribution in [0.4, 0.5) is 10.5 Å². The third-order valence-electron chi connectivity index (χ3n) is 4.07. The van der Waals surface area contributed by atoms with Crippen molar-refractivity contribution >= 4 is 11.7 Å². The predicted octanol–water partition coefficient (Wildman–Crippen LogP) is 0.433. The number of morpholine rings is 1. The van der Waals surface area contributed by atoms with E-state index in [-0.39, 0.29) is 6.03 Å². The van der Waals surface area contributed by atoms with Crippen LogP contribution in [0.3, 0.4) is 0 Å². The van der Waals surface area contributed by atoms with Gasteiger partial charge in [0.2, 0.25) is 0 Å². The van der Waals surface area contributed by atoms with Crippen molar-refractivity contribution < 1.29 is 14.3 Å². The number of hydrogen-bond donors (Lipinski definition) is 2. The molecule has 3 rings (SSSR count). The highest BCUT2D eigenvalue weighted by atomic mass is 16.5. The molecule has 2 heterocycles. The van der Waals surface area contributed by atoms with Gasteiger partial charge in [-0.25, -0.2) is 4.79 Å². The molecule has 2 aromatic rings. The largest absolute Gasteiger partial charge is 0.497 e. The predicted molar refractivity (Wildman–Crippen MR) is 94.7 cm³/mol. The summed E-state index contributed by atoms with van der Waals surface area (Å²) in [5.74, 6) is 1.24. The highest BCUT2D eigenvalue weighted by molar-refractivity contribution is 5.89. The van der Waals surface area contributed by atoms with E-state index in [9.17, 15) is 4.79 Å². The number of aryl methyl sites for hydroxylation is 1. The number of tetrazole rings is 1. The molecule has 1 saturated heterocycles. The number of urea groups is 1. The van der Waals surface area contributed by atoms with E-state index in [1.165, 1.54) is 0 Å². The first-order chi connectivity index (χ1) is 12.7. The van der Waals surface area contributed by atoms with Gasteiger partial charge < -0.3 is 20.1 Å². The molecule has 0 unspecified atom stereocenters. The number of nitrogens with one attached hydrogen (secondary N) is 2. The van der Waals surface area contributed by atoms with Gasteiger partial charge in [0, 0.05) is 44.0 Å². The Morgan fingerprint density at radius 3 is 2.81 bits per heavy atom. The molecule has 1 aromatic heterocycles. The number of hydrogen-bond acceptors (Lipinski definition) is 7. The number of carbonyl (C=O) groups is 1. The number of methoxy groups -OCH3 is 1. The number of anilines is 1. The van der Waals surface area contributed by atoms with Crippen molar-refractivity contribution in [2.24, 2.45) is 0 Å². The van der Waals surface area contributed by atoms with Crippen molar-refractivity contribution in [2.75, 3.05) is 51.8 Å². The van der Waals surface area contributed by atoms with Crippen LogP contribution in [0, 0.1) is 6.92 Å². The van der Waals surface area contributed by atoms with Crippen molar-refractivity contribution in [3.05, 3.63) is 24.0 Å². The quantitative estimate of drug-likeness (QED) is 0.768. The fourth-order valence-corrected chi connectivity index (χ4v) is 2.69. The van der Waals surface area contributed by atoms with E-state index in [2.05, 4.69) is 31.1 Å². The van der Waals surface area contributed by atoms with Gasteiger partial charge >= 0.3 is 6.03 Å². The monoisotopic (exact) mass is 361 g/mol. The summed E-state index contributed by atoms with van der Waals surface area (Å²) >= 11 is 0. The van der Waals surface area contributed by atoms with Crippen LogP contribution < -0.4 is 15.4 Å². The van der Waals surface area contributed by atoms with Crippen LogP contribution in [-0.2, 0) is 4.74 Å².